The molecular formula is C24H36N+. The van der Waals surface area contributed by atoms with Gasteiger partial charge in [-0.15, -0.1) is 0 Å². The number of benzene rings is 2. The van der Waals surface area contributed by atoms with E-state index < -0.39 is 0 Å². The van der Waals surface area contributed by atoms with Crippen LogP contribution in [0.25, 0.3) is 22.9 Å². The third-order valence-electron chi connectivity index (χ3n) is 5.65. The Bertz CT molecular complexity index is 780. The van der Waals surface area contributed by atoms with E-state index in [0.29, 0.717) is 0 Å². The minimum absolute atomic E-state index is 0.961. The standard InChI is InChI=1S/C22H29N.C2H6/c1-4-17-11-13-23(14-12-17)16-22-20(6-3)18(5-2)15-19-9-7-8-10-21(19)22;1-2/h5-10,15,17H,4,11-14,16H2,1-3H3;1-2H3/p+1/b18-5-,20-6+;. The summed E-state index contributed by atoms with van der Waals surface area (Å²) < 4.78 is 0. The summed E-state index contributed by atoms with van der Waals surface area (Å²) >= 11 is 0. The van der Waals surface area contributed by atoms with Crippen LogP contribution in [0.1, 0.15) is 59.4 Å². The van der Waals surface area contributed by atoms with Crippen molar-refractivity contribution >= 4 is 22.9 Å². The predicted molar refractivity (Wildman–Crippen MR) is 112 cm³/mol. The van der Waals surface area contributed by atoms with Crippen LogP contribution in [0.15, 0.2) is 30.3 Å². The first-order valence-corrected chi connectivity index (χ1v) is 10.2. The fraction of sp³-hybridized carbons (Fsp3) is 0.500. The smallest absolute Gasteiger partial charge is 0.104 e. The van der Waals surface area contributed by atoms with Crippen molar-refractivity contribution in [2.45, 2.75) is 60.4 Å². The Morgan fingerprint density at radius 1 is 1.04 bits per heavy atom. The van der Waals surface area contributed by atoms with E-state index in [1.165, 1.54) is 53.6 Å². The molecule has 1 aliphatic heterocycles. The molecule has 1 nitrogen and oxygen atoms in total. The van der Waals surface area contributed by atoms with E-state index in [0.717, 1.165) is 12.5 Å². The van der Waals surface area contributed by atoms with Gasteiger partial charge in [-0.2, -0.15) is 0 Å². The molecule has 1 fully saturated rings. The highest BCUT2D eigenvalue weighted by atomic mass is 15.1. The maximum Gasteiger partial charge on any atom is 0.104 e. The molecule has 0 unspecified atom stereocenters. The Hall–Kier alpha value is -1.60. The Kier molecular flexibility index (Phi) is 7.71. The van der Waals surface area contributed by atoms with Crippen molar-refractivity contribution in [3.8, 4) is 0 Å². The summed E-state index contributed by atoms with van der Waals surface area (Å²) in [5.41, 5.74) is 1.55. The SMILES string of the molecule is C/C=c1/cc2ccccc2c(C[NH+]2CCC(CC)CC2)/c1=C/C.CC. The molecule has 1 heteroatoms. The highest BCUT2D eigenvalue weighted by Gasteiger charge is 2.21. The van der Waals surface area contributed by atoms with Crippen LogP contribution in [0.5, 0.6) is 0 Å². The van der Waals surface area contributed by atoms with Gasteiger partial charge in [-0.1, -0.05) is 63.6 Å². The van der Waals surface area contributed by atoms with E-state index >= 15 is 0 Å². The number of rotatable bonds is 3. The molecular weight excluding hydrogens is 302 g/mol. The first-order chi connectivity index (χ1) is 12.3. The van der Waals surface area contributed by atoms with Gasteiger partial charge >= 0.3 is 0 Å². The van der Waals surface area contributed by atoms with Gasteiger partial charge in [0, 0.05) is 5.56 Å². The summed E-state index contributed by atoms with van der Waals surface area (Å²) in [5.74, 6) is 0.961. The minimum atomic E-state index is 0.961. The molecule has 25 heavy (non-hydrogen) atoms. The first kappa shape index (κ1) is 19.7. The lowest BCUT2D eigenvalue weighted by Gasteiger charge is -2.29. The van der Waals surface area contributed by atoms with Gasteiger partial charge in [0.2, 0.25) is 0 Å². The molecule has 0 aliphatic carbocycles. The second kappa shape index (κ2) is 9.77. The summed E-state index contributed by atoms with van der Waals surface area (Å²) in [6, 6.07) is 11.2. The number of hydrogen-bond acceptors (Lipinski definition) is 0. The molecule has 1 saturated heterocycles. The molecule has 2 aromatic rings. The third kappa shape index (κ3) is 4.52. The van der Waals surface area contributed by atoms with Gasteiger partial charge in [0.15, 0.2) is 0 Å². The lowest BCUT2D eigenvalue weighted by Crippen LogP contribution is -3.12. The summed E-state index contributed by atoms with van der Waals surface area (Å²) in [5, 5.41) is 5.64. The molecule has 3 rings (SSSR count). The molecule has 2 aromatic carbocycles. The second-order valence-electron chi connectivity index (χ2n) is 6.93. The molecule has 0 saturated carbocycles. The molecule has 0 amide bonds. The molecule has 136 valence electrons. The number of quaternary nitrogens is 1. The van der Waals surface area contributed by atoms with E-state index in [1.807, 2.05) is 13.8 Å². The zero-order chi connectivity index (χ0) is 18.2. The Balaban J connectivity index is 0.00000109. The van der Waals surface area contributed by atoms with E-state index in [1.54, 1.807) is 10.5 Å². The van der Waals surface area contributed by atoms with Crippen molar-refractivity contribution in [1.82, 2.24) is 0 Å². The van der Waals surface area contributed by atoms with Gasteiger partial charge < -0.3 is 4.90 Å². The van der Waals surface area contributed by atoms with Gasteiger partial charge in [0.25, 0.3) is 0 Å². The Morgan fingerprint density at radius 2 is 1.72 bits per heavy atom. The fourth-order valence-electron chi connectivity index (χ4n) is 4.15. The number of fused-ring (bicyclic) bond motifs is 1. The van der Waals surface area contributed by atoms with Crippen molar-refractivity contribution in [3.05, 3.63) is 46.3 Å². The van der Waals surface area contributed by atoms with Crippen molar-refractivity contribution in [3.63, 3.8) is 0 Å². The lowest BCUT2D eigenvalue weighted by molar-refractivity contribution is -0.919. The largest absolute Gasteiger partial charge is 0.331 e. The van der Waals surface area contributed by atoms with Crippen LogP contribution in [0, 0.1) is 5.92 Å². The minimum Gasteiger partial charge on any atom is -0.331 e. The summed E-state index contributed by atoms with van der Waals surface area (Å²) in [6.45, 7) is 14.5. The number of hydrogen-bond donors (Lipinski definition) is 1. The molecule has 0 aromatic heterocycles. The van der Waals surface area contributed by atoms with Gasteiger partial charge in [0.05, 0.1) is 13.1 Å². The molecule has 1 heterocycles. The Morgan fingerprint density at radius 3 is 2.32 bits per heavy atom. The average Bonchev–Trinajstić information content (AvgIpc) is 2.69. The topological polar surface area (TPSA) is 4.44 Å². The summed E-state index contributed by atoms with van der Waals surface area (Å²) in [4.78, 5) is 1.76. The highest BCUT2D eigenvalue weighted by Crippen LogP contribution is 2.15. The molecule has 0 spiro atoms. The van der Waals surface area contributed by atoms with Gasteiger partial charge in [0.1, 0.15) is 6.54 Å². The molecule has 1 N–H and O–H groups in total. The van der Waals surface area contributed by atoms with Crippen LogP contribution < -0.4 is 15.3 Å². The monoisotopic (exact) mass is 338 g/mol. The quantitative estimate of drug-likeness (QED) is 0.871. The fourth-order valence-corrected chi connectivity index (χ4v) is 4.15. The molecule has 1 aliphatic rings. The molecule has 0 bridgehead atoms. The van der Waals surface area contributed by atoms with Gasteiger partial charge in [-0.3, -0.25) is 0 Å². The molecule has 0 radical (unpaired) electrons. The number of nitrogens with one attached hydrogen (secondary N) is 1. The van der Waals surface area contributed by atoms with Crippen LogP contribution in [0.4, 0.5) is 0 Å². The number of likely N-dealkylation sites (tertiary alicyclic amines) is 1. The van der Waals surface area contributed by atoms with Crippen LogP contribution in [-0.2, 0) is 6.54 Å². The van der Waals surface area contributed by atoms with Crippen molar-refractivity contribution < 1.29 is 4.90 Å². The third-order valence-corrected chi connectivity index (χ3v) is 5.65. The molecule has 0 atom stereocenters. The van der Waals surface area contributed by atoms with Gasteiger partial charge in [-0.05, 0) is 59.9 Å². The maximum absolute atomic E-state index is 2.34. The summed E-state index contributed by atoms with van der Waals surface area (Å²) in [6.07, 6.45) is 8.70. The number of piperidine rings is 1. The van der Waals surface area contributed by atoms with Crippen LogP contribution >= 0.6 is 0 Å². The highest BCUT2D eigenvalue weighted by molar-refractivity contribution is 5.86. The first-order valence-electron chi connectivity index (χ1n) is 10.2. The van der Waals surface area contributed by atoms with E-state index in [2.05, 4.69) is 63.3 Å². The van der Waals surface area contributed by atoms with Gasteiger partial charge in [-0.25, -0.2) is 0 Å². The van der Waals surface area contributed by atoms with E-state index in [-0.39, 0.29) is 0 Å². The van der Waals surface area contributed by atoms with Crippen molar-refractivity contribution in [1.29, 1.82) is 0 Å². The van der Waals surface area contributed by atoms with Crippen LogP contribution in [-0.4, -0.2) is 13.1 Å². The second-order valence-corrected chi connectivity index (χ2v) is 6.93. The Labute approximate surface area is 154 Å². The van der Waals surface area contributed by atoms with Crippen LogP contribution in [0.2, 0.25) is 0 Å². The normalized spacial score (nSPS) is 22.0. The predicted octanol–water partition coefficient (Wildman–Crippen LogP) is 3.67. The lowest BCUT2D eigenvalue weighted by atomic mass is 9.93. The van der Waals surface area contributed by atoms with Crippen molar-refractivity contribution in [2.24, 2.45) is 5.92 Å². The average molecular weight is 339 g/mol. The zero-order valence-electron chi connectivity index (χ0n) is 16.9. The van der Waals surface area contributed by atoms with Crippen LogP contribution in [0.3, 0.4) is 0 Å². The summed E-state index contributed by atoms with van der Waals surface area (Å²) in [7, 11) is 0. The van der Waals surface area contributed by atoms with E-state index in [4.69, 9.17) is 0 Å². The van der Waals surface area contributed by atoms with Crippen molar-refractivity contribution in [2.75, 3.05) is 13.1 Å². The zero-order valence-corrected chi connectivity index (χ0v) is 16.9. The maximum atomic E-state index is 2.34. The van der Waals surface area contributed by atoms with E-state index in [9.17, 15) is 0 Å².